The Morgan fingerprint density at radius 2 is 2.10 bits per heavy atom. The molecule has 0 saturated carbocycles. The van der Waals surface area contributed by atoms with Gasteiger partial charge in [-0.2, -0.15) is 5.10 Å². The van der Waals surface area contributed by atoms with Crippen LogP contribution in [-0.2, 0) is 9.53 Å². The van der Waals surface area contributed by atoms with Crippen molar-refractivity contribution in [2.45, 2.75) is 19.5 Å². The molecule has 29 heavy (non-hydrogen) atoms. The molecule has 2 aliphatic rings. The van der Waals surface area contributed by atoms with E-state index >= 15 is 0 Å². The summed E-state index contributed by atoms with van der Waals surface area (Å²) in [5, 5.41) is 9.16. The number of halogens is 3. The predicted molar refractivity (Wildman–Crippen MR) is 103 cm³/mol. The van der Waals surface area contributed by atoms with Gasteiger partial charge in [0.1, 0.15) is 18.3 Å². The first-order valence-corrected chi connectivity index (χ1v) is 9.11. The fourth-order valence-electron chi connectivity index (χ4n) is 2.86. The number of alkyl halides is 2. The average molecular weight is 415 g/mol. The molecule has 0 bridgehead atoms. The van der Waals surface area contributed by atoms with Crippen molar-refractivity contribution in [1.29, 1.82) is 0 Å². The number of likely N-dealkylation sites (N-methyl/N-ethyl adjacent to an activating group) is 2. The highest BCUT2D eigenvalue weighted by molar-refractivity contribution is 5.90. The van der Waals surface area contributed by atoms with E-state index in [1.54, 1.807) is 30.4 Å². The van der Waals surface area contributed by atoms with Crippen molar-refractivity contribution in [3.05, 3.63) is 24.0 Å². The summed E-state index contributed by atoms with van der Waals surface area (Å²) in [6.07, 6.45) is -2.24. The van der Waals surface area contributed by atoms with Crippen LogP contribution in [0.2, 0.25) is 0 Å². The molecule has 1 aromatic carbocycles. The van der Waals surface area contributed by atoms with Gasteiger partial charge >= 0.3 is 6.09 Å². The van der Waals surface area contributed by atoms with Gasteiger partial charge in [0.05, 0.1) is 24.5 Å². The summed E-state index contributed by atoms with van der Waals surface area (Å²) in [4.78, 5) is 23.9. The Balaban J connectivity index is 0.000000537. The fraction of sp³-hybridized carbons (Fsp3) is 0.500. The number of hydrogen-bond donors (Lipinski definition) is 1. The van der Waals surface area contributed by atoms with Gasteiger partial charge in [-0.15, -0.1) is 0 Å². The van der Waals surface area contributed by atoms with Gasteiger partial charge in [0.25, 0.3) is 6.43 Å². The maximum Gasteiger partial charge on any atom is 0.414 e. The highest BCUT2D eigenvalue weighted by Gasteiger charge is 2.32. The summed E-state index contributed by atoms with van der Waals surface area (Å²) in [6, 6.07) is 4.79. The average Bonchev–Trinajstić information content (AvgIpc) is 3.09. The van der Waals surface area contributed by atoms with Crippen LogP contribution in [0.1, 0.15) is 6.92 Å². The molecule has 2 aliphatic heterocycles. The number of cyclic esters (lactones) is 1. The largest absolute Gasteiger partial charge is 0.443 e. The second-order valence-corrected chi connectivity index (χ2v) is 6.25. The first-order chi connectivity index (χ1) is 13.9. The number of rotatable bonds is 6. The first-order valence-electron chi connectivity index (χ1n) is 9.11. The highest BCUT2D eigenvalue weighted by atomic mass is 19.3. The quantitative estimate of drug-likeness (QED) is 0.716. The number of nitrogens with zero attached hydrogens (tertiary/aromatic N) is 4. The van der Waals surface area contributed by atoms with Crippen molar-refractivity contribution in [1.82, 2.24) is 10.3 Å². The second-order valence-electron chi connectivity index (χ2n) is 6.25. The van der Waals surface area contributed by atoms with Crippen LogP contribution in [0.15, 0.2) is 23.3 Å². The lowest BCUT2D eigenvalue weighted by atomic mass is 10.2. The van der Waals surface area contributed by atoms with Gasteiger partial charge < -0.3 is 15.0 Å². The molecule has 3 rings (SSSR count). The lowest BCUT2D eigenvalue weighted by Gasteiger charge is -2.29. The number of hydrazone groups is 1. The molecule has 1 aromatic rings. The van der Waals surface area contributed by atoms with Gasteiger partial charge in [0.15, 0.2) is 6.29 Å². The number of hydrogen-bond acceptors (Lipinski definition) is 7. The van der Waals surface area contributed by atoms with Gasteiger partial charge in [-0.1, -0.05) is 0 Å². The Morgan fingerprint density at radius 3 is 2.62 bits per heavy atom. The number of anilines is 2. The number of nitrogens with one attached hydrogen (secondary N) is 1. The first kappa shape index (κ1) is 22.5. The molecule has 0 aromatic heterocycles. The minimum Gasteiger partial charge on any atom is -0.443 e. The van der Waals surface area contributed by atoms with Gasteiger partial charge in [-0.25, -0.2) is 18.0 Å². The van der Waals surface area contributed by atoms with E-state index < -0.39 is 18.8 Å². The van der Waals surface area contributed by atoms with E-state index in [4.69, 9.17) is 9.53 Å². The zero-order valence-electron chi connectivity index (χ0n) is 16.2. The topological polar surface area (TPSA) is 77.5 Å². The zero-order valence-corrected chi connectivity index (χ0v) is 16.2. The molecular weight excluding hydrogens is 391 g/mol. The van der Waals surface area contributed by atoms with E-state index in [1.807, 2.05) is 11.9 Å². The summed E-state index contributed by atoms with van der Waals surface area (Å²) >= 11 is 0. The minimum absolute atomic E-state index is 0.223. The maximum atomic E-state index is 14.5. The summed E-state index contributed by atoms with van der Waals surface area (Å²) in [5.74, 6) is -0.381. The molecule has 0 spiro atoms. The van der Waals surface area contributed by atoms with Crippen molar-refractivity contribution in [2.75, 3.05) is 49.6 Å². The van der Waals surface area contributed by atoms with Gasteiger partial charge in [-0.3, -0.25) is 14.7 Å². The van der Waals surface area contributed by atoms with Crippen LogP contribution in [0.3, 0.4) is 0 Å². The van der Waals surface area contributed by atoms with Gasteiger partial charge in [0.2, 0.25) is 0 Å². The Labute approximate surface area is 166 Å². The molecule has 0 radical (unpaired) electrons. The maximum absolute atomic E-state index is 14.5. The van der Waals surface area contributed by atoms with Crippen LogP contribution in [0.4, 0.5) is 29.3 Å². The van der Waals surface area contributed by atoms with E-state index in [1.165, 1.54) is 11.0 Å². The summed E-state index contributed by atoms with van der Waals surface area (Å²) in [7, 11) is 1.80. The van der Waals surface area contributed by atoms with Crippen molar-refractivity contribution in [3.8, 4) is 0 Å². The van der Waals surface area contributed by atoms with Gasteiger partial charge in [0, 0.05) is 19.6 Å². The molecule has 1 N–H and O–H groups in total. The molecule has 11 heteroatoms. The Morgan fingerprint density at radius 1 is 1.38 bits per heavy atom. The monoisotopic (exact) mass is 415 g/mol. The Bertz CT molecular complexity index is 735. The zero-order chi connectivity index (χ0) is 21.4. The van der Waals surface area contributed by atoms with Crippen LogP contribution in [-0.4, -0.2) is 76.0 Å². The number of amides is 1. The normalized spacial score (nSPS) is 18.6. The standard InChI is InChI=1S/C16H22FN5O2.C2H2F2O/c1-3-21-7-6-20(11-19-21)15-5-4-12(8-14(15)17)22-10-13(9-18-2)24-16(22)23;3-2(4)1-5/h4-5,8,11,13,18H,3,6-7,9-10H2,1-2H3;1-2H. The van der Waals surface area contributed by atoms with Crippen molar-refractivity contribution in [3.63, 3.8) is 0 Å². The molecule has 0 aliphatic carbocycles. The summed E-state index contributed by atoms with van der Waals surface area (Å²) < 4.78 is 40.6. The number of ether oxygens (including phenoxy) is 1. The van der Waals surface area contributed by atoms with Crippen LogP contribution >= 0.6 is 0 Å². The third-order valence-corrected chi connectivity index (χ3v) is 4.28. The molecule has 1 unspecified atom stereocenters. The van der Waals surface area contributed by atoms with E-state index in [9.17, 15) is 18.0 Å². The van der Waals surface area contributed by atoms with E-state index in [0.717, 1.165) is 13.1 Å². The van der Waals surface area contributed by atoms with E-state index in [-0.39, 0.29) is 11.9 Å². The smallest absolute Gasteiger partial charge is 0.414 e. The second kappa shape index (κ2) is 10.6. The van der Waals surface area contributed by atoms with Crippen LogP contribution in [0.25, 0.3) is 0 Å². The van der Waals surface area contributed by atoms with E-state index in [2.05, 4.69) is 10.4 Å². The van der Waals surface area contributed by atoms with Crippen molar-refractivity contribution < 1.29 is 27.5 Å². The molecule has 2 heterocycles. The lowest BCUT2D eigenvalue weighted by Crippen LogP contribution is -2.38. The molecular formula is C18H24F3N5O3. The SMILES string of the molecule is CCN1CCN(c2ccc(N3CC(CNC)OC3=O)cc2F)C=N1.O=CC(F)F. The number of carbonyl (C=O) groups is 2. The summed E-state index contributed by atoms with van der Waals surface area (Å²) in [5.41, 5.74) is 0.960. The van der Waals surface area contributed by atoms with Crippen LogP contribution in [0.5, 0.6) is 0 Å². The third kappa shape index (κ3) is 6.08. The minimum atomic E-state index is -2.80. The van der Waals surface area contributed by atoms with E-state index in [0.29, 0.717) is 31.0 Å². The van der Waals surface area contributed by atoms with Crippen LogP contribution < -0.4 is 15.1 Å². The number of aldehydes is 1. The fourth-order valence-corrected chi connectivity index (χ4v) is 2.86. The third-order valence-electron chi connectivity index (χ3n) is 4.28. The predicted octanol–water partition coefficient (Wildman–Crippen LogP) is 1.91. The van der Waals surface area contributed by atoms with Crippen molar-refractivity contribution >= 4 is 30.1 Å². The Kier molecular flexibility index (Phi) is 8.25. The van der Waals surface area contributed by atoms with Crippen molar-refractivity contribution in [2.24, 2.45) is 5.10 Å². The lowest BCUT2D eigenvalue weighted by molar-refractivity contribution is -0.116. The van der Waals surface area contributed by atoms with Gasteiger partial charge in [-0.05, 0) is 32.2 Å². The Hall–Kier alpha value is -2.82. The summed E-state index contributed by atoms with van der Waals surface area (Å²) in [6.45, 7) is 5.26. The molecule has 1 amide bonds. The number of carbonyl (C=O) groups excluding carboxylic acids is 2. The molecule has 160 valence electrons. The van der Waals surface area contributed by atoms with Crippen LogP contribution in [0, 0.1) is 5.82 Å². The highest BCUT2D eigenvalue weighted by Crippen LogP contribution is 2.28. The molecule has 8 nitrogen and oxygen atoms in total. The molecule has 1 atom stereocenters. The molecule has 1 saturated heterocycles. The molecule has 1 fully saturated rings. The number of benzene rings is 1.